The number of aromatic nitrogens is 2. The van der Waals surface area contributed by atoms with Crippen molar-refractivity contribution in [3.63, 3.8) is 0 Å². The predicted octanol–water partition coefficient (Wildman–Crippen LogP) is 3.90. The highest BCUT2D eigenvalue weighted by atomic mass is 32.1. The quantitative estimate of drug-likeness (QED) is 0.562. The third-order valence-corrected chi connectivity index (χ3v) is 6.56. The number of anilines is 2. The van der Waals surface area contributed by atoms with Gasteiger partial charge in [0.1, 0.15) is 10.3 Å². The first-order valence-corrected chi connectivity index (χ1v) is 10.2. The summed E-state index contributed by atoms with van der Waals surface area (Å²) in [6.07, 6.45) is 0. The summed E-state index contributed by atoms with van der Waals surface area (Å²) in [5.41, 5.74) is 2.12. The first-order valence-electron chi connectivity index (χ1n) is 8.57. The number of fused-ring (bicyclic) bond motifs is 2. The Hall–Kier alpha value is -2.49. The number of morpholine rings is 1. The van der Waals surface area contributed by atoms with Crippen LogP contribution >= 0.6 is 22.7 Å². The number of nitrogens with zero attached hydrogens (tertiary/aromatic N) is 3. The third-order valence-electron chi connectivity index (χ3n) is 4.34. The van der Waals surface area contributed by atoms with Crippen LogP contribution in [0.25, 0.3) is 20.6 Å². The van der Waals surface area contributed by atoms with Gasteiger partial charge in [-0.25, -0.2) is 9.97 Å². The van der Waals surface area contributed by atoms with Gasteiger partial charge in [0.2, 0.25) is 0 Å². The average molecular weight is 400 g/mol. The standard InChI is InChI=1S/C18H16N4O3S2/c1-10-19-12-3-2-11(8-13(12)25-10)20-16(23)14-9-15-17(26-14)21-18(27-15)22-4-6-24-7-5-22/h2-3,8-9H,4-7H2,1H3,(H,20,23). The molecule has 0 aliphatic carbocycles. The van der Waals surface area contributed by atoms with E-state index in [2.05, 4.69) is 15.2 Å². The summed E-state index contributed by atoms with van der Waals surface area (Å²) in [5.74, 6) is 0.461. The van der Waals surface area contributed by atoms with E-state index in [1.165, 1.54) is 11.3 Å². The molecule has 1 aromatic carbocycles. The molecule has 0 saturated carbocycles. The summed E-state index contributed by atoms with van der Waals surface area (Å²) < 4.78 is 11.9. The molecule has 9 heteroatoms. The number of carbonyl (C=O) groups is 1. The Labute approximate surface area is 162 Å². The number of amides is 1. The molecule has 1 amide bonds. The SMILES string of the molecule is Cc1nc2ccc(NC(=O)c3cc4sc(N5CCOCC5)nc4s3)cc2o1. The Morgan fingerprint density at radius 3 is 2.85 bits per heavy atom. The van der Waals surface area contributed by atoms with Crippen LogP contribution in [0.15, 0.2) is 28.7 Å². The van der Waals surface area contributed by atoms with Gasteiger partial charge in [-0.05, 0) is 18.2 Å². The fourth-order valence-corrected chi connectivity index (χ4v) is 5.19. The maximum absolute atomic E-state index is 12.6. The molecule has 3 aromatic heterocycles. The second-order valence-electron chi connectivity index (χ2n) is 6.25. The van der Waals surface area contributed by atoms with Crippen LogP contribution in [0.1, 0.15) is 15.6 Å². The number of aryl methyl sites for hydroxylation is 1. The number of thiophene rings is 1. The molecule has 1 saturated heterocycles. The van der Waals surface area contributed by atoms with E-state index in [1.54, 1.807) is 24.3 Å². The van der Waals surface area contributed by atoms with Gasteiger partial charge in [-0.15, -0.1) is 11.3 Å². The number of hydrogen-bond donors (Lipinski definition) is 1. The average Bonchev–Trinajstić information content (AvgIpc) is 3.33. The summed E-state index contributed by atoms with van der Waals surface area (Å²) in [5, 5.41) is 3.92. The summed E-state index contributed by atoms with van der Waals surface area (Å²) >= 11 is 3.03. The zero-order valence-corrected chi connectivity index (χ0v) is 16.2. The molecule has 0 radical (unpaired) electrons. The molecule has 0 atom stereocenters. The molecular weight excluding hydrogens is 384 g/mol. The fourth-order valence-electron chi connectivity index (χ4n) is 3.04. The molecule has 27 heavy (non-hydrogen) atoms. The van der Waals surface area contributed by atoms with Crippen molar-refractivity contribution in [1.29, 1.82) is 0 Å². The number of ether oxygens (including phenoxy) is 1. The van der Waals surface area contributed by atoms with E-state index >= 15 is 0 Å². The lowest BCUT2D eigenvalue weighted by Gasteiger charge is -2.25. The van der Waals surface area contributed by atoms with Crippen molar-refractivity contribution >= 4 is 60.0 Å². The zero-order valence-electron chi connectivity index (χ0n) is 14.5. The molecule has 0 bridgehead atoms. The van der Waals surface area contributed by atoms with Crippen LogP contribution in [0, 0.1) is 6.92 Å². The Morgan fingerprint density at radius 1 is 1.19 bits per heavy atom. The minimum Gasteiger partial charge on any atom is -0.441 e. The Bertz CT molecular complexity index is 1110. The normalized spacial score (nSPS) is 14.9. The van der Waals surface area contributed by atoms with E-state index in [1.807, 2.05) is 18.2 Å². The van der Waals surface area contributed by atoms with Crippen LogP contribution in [0.4, 0.5) is 10.8 Å². The van der Waals surface area contributed by atoms with Crippen LogP contribution in [0.3, 0.4) is 0 Å². The molecule has 1 N–H and O–H groups in total. The predicted molar refractivity (Wildman–Crippen MR) is 107 cm³/mol. The molecule has 0 unspecified atom stereocenters. The van der Waals surface area contributed by atoms with Crippen molar-refractivity contribution in [1.82, 2.24) is 9.97 Å². The molecule has 1 fully saturated rings. The van der Waals surface area contributed by atoms with Crippen LogP contribution < -0.4 is 10.2 Å². The van der Waals surface area contributed by atoms with Gasteiger partial charge < -0.3 is 19.4 Å². The smallest absolute Gasteiger partial charge is 0.265 e. The fraction of sp³-hybridized carbons (Fsp3) is 0.278. The maximum Gasteiger partial charge on any atom is 0.265 e. The van der Waals surface area contributed by atoms with Crippen LogP contribution in [0.5, 0.6) is 0 Å². The lowest BCUT2D eigenvalue weighted by molar-refractivity contribution is 0.103. The first-order chi connectivity index (χ1) is 13.2. The van der Waals surface area contributed by atoms with Crippen LogP contribution in [-0.4, -0.2) is 42.2 Å². The zero-order chi connectivity index (χ0) is 18.4. The molecule has 1 aliphatic heterocycles. The van der Waals surface area contributed by atoms with Crippen molar-refractivity contribution in [2.24, 2.45) is 0 Å². The van der Waals surface area contributed by atoms with Gasteiger partial charge >= 0.3 is 0 Å². The molecular formula is C18H16N4O3S2. The van der Waals surface area contributed by atoms with Crippen molar-refractivity contribution in [2.45, 2.75) is 6.92 Å². The number of carbonyl (C=O) groups excluding carboxylic acids is 1. The van der Waals surface area contributed by atoms with Crippen LogP contribution in [-0.2, 0) is 4.74 Å². The Balaban J connectivity index is 1.35. The summed E-state index contributed by atoms with van der Waals surface area (Å²) in [7, 11) is 0. The van der Waals surface area contributed by atoms with Crippen molar-refractivity contribution < 1.29 is 13.9 Å². The van der Waals surface area contributed by atoms with Crippen LogP contribution in [0.2, 0.25) is 0 Å². The third kappa shape index (κ3) is 3.18. The van der Waals surface area contributed by atoms with Crippen molar-refractivity contribution in [2.75, 3.05) is 36.5 Å². The van der Waals surface area contributed by atoms with Crippen molar-refractivity contribution in [3.8, 4) is 0 Å². The molecule has 138 valence electrons. The van der Waals surface area contributed by atoms with E-state index in [0.29, 0.717) is 22.0 Å². The maximum atomic E-state index is 12.6. The largest absolute Gasteiger partial charge is 0.441 e. The number of nitrogens with one attached hydrogen (secondary N) is 1. The van der Waals surface area contributed by atoms with E-state index in [0.717, 1.165) is 46.5 Å². The summed E-state index contributed by atoms with van der Waals surface area (Å²) in [4.78, 5) is 25.3. The molecule has 0 spiro atoms. The Kier molecular flexibility index (Phi) is 4.07. The Morgan fingerprint density at radius 2 is 2.04 bits per heavy atom. The lowest BCUT2D eigenvalue weighted by atomic mass is 10.3. The number of benzene rings is 1. The first kappa shape index (κ1) is 16.7. The number of rotatable bonds is 3. The van der Waals surface area contributed by atoms with Crippen molar-refractivity contribution in [3.05, 3.63) is 35.0 Å². The minimum absolute atomic E-state index is 0.145. The molecule has 1 aliphatic rings. The number of hydrogen-bond acceptors (Lipinski definition) is 8. The second kappa shape index (κ2) is 6.59. The molecule has 5 rings (SSSR count). The van der Waals surface area contributed by atoms with Gasteiger partial charge in [0.25, 0.3) is 5.91 Å². The number of oxazole rings is 1. The highest BCUT2D eigenvalue weighted by Crippen LogP contribution is 2.35. The van der Waals surface area contributed by atoms with Gasteiger partial charge in [-0.2, -0.15) is 0 Å². The minimum atomic E-state index is -0.145. The highest BCUT2D eigenvalue weighted by molar-refractivity contribution is 7.29. The van der Waals surface area contributed by atoms with Gasteiger partial charge in [0.05, 0.1) is 22.8 Å². The van der Waals surface area contributed by atoms with Gasteiger partial charge in [-0.1, -0.05) is 11.3 Å². The lowest BCUT2D eigenvalue weighted by Crippen LogP contribution is -2.36. The van der Waals surface area contributed by atoms with E-state index in [-0.39, 0.29) is 5.91 Å². The van der Waals surface area contributed by atoms with Gasteiger partial charge in [0.15, 0.2) is 16.6 Å². The molecule has 4 heterocycles. The monoisotopic (exact) mass is 400 g/mol. The highest BCUT2D eigenvalue weighted by Gasteiger charge is 2.19. The van der Waals surface area contributed by atoms with E-state index in [4.69, 9.17) is 14.1 Å². The molecule has 4 aromatic rings. The molecule has 7 nitrogen and oxygen atoms in total. The van der Waals surface area contributed by atoms with Gasteiger partial charge in [-0.3, -0.25) is 4.79 Å². The number of thiazole rings is 1. The summed E-state index contributed by atoms with van der Waals surface area (Å²) in [6.45, 7) is 4.98. The second-order valence-corrected chi connectivity index (χ2v) is 8.29. The van der Waals surface area contributed by atoms with E-state index < -0.39 is 0 Å². The van der Waals surface area contributed by atoms with Gasteiger partial charge in [0, 0.05) is 31.8 Å². The topological polar surface area (TPSA) is 80.5 Å². The van der Waals surface area contributed by atoms with E-state index in [9.17, 15) is 4.79 Å². The summed E-state index contributed by atoms with van der Waals surface area (Å²) in [6, 6.07) is 7.36.